The van der Waals surface area contributed by atoms with Crippen LogP contribution in [0.15, 0.2) is 24.4 Å². The summed E-state index contributed by atoms with van der Waals surface area (Å²) in [5.74, 6) is 1.64. The van der Waals surface area contributed by atoms with Gasteiger partial charge in [0.05, 0.1) is 6.04 Å². The van der Waals surface area contributed by atoms with Crippen molar-refractivity contribution in [2.45, 2.75) is 26.8 Å². The maximum atomic E-state index is 12.1. The summed E-state index contributed by atoms with van der Waals surface area (Å²) < 4.78 is 0. The molecule has 5 nitrogen and oxygen atoms in total. The van der Waals surface area contributed by atoms with Crippen LogP contribution in [0.2, 0.25) is 0 Å². The van der Waals surface area contributed by atoms with Gasteiger partial charge in [-0.25, -0.2) is 4.98 Å². The van der Waals surface area contributed by atoms with E-state index in [-0.39, 0.29) is 11.9 Å². The highest BCUT2D eigenvalue weighted by Gasteiger charge is 2.25. The van der Waals surface area contributed by atoms with Gasteiger partial charge in [-0.2, -0.15) is 0 Å². The fraction of sp³-hybridized carbons (Fsp3) is 0.625. The van der Waals surface area contributed by atoms with Crippen molar-refractivity contribution in [2.75, 3.05) is 37.6 Å². The van der Waals surface area contributed by atoms with Gasteiger partial charge < -0.3 is 10.2 Å². The number of carbonyl (C=O) groups excluding carboxylic acids is 1. The average molecular weight is 290 g/mol. The van der Waals surface area contributed by atoms with Crippen LogP contribution in [-0.2, 0) is 4.79 Å². The van der Waals surface area contributed by atoms with Gasteiger partial charge in [-0.15, -0.1) is 0 Å². The molecule has 0 spiro atoms. The summed E-state index contributed by atoms with van der Waals surface area (Å²) in [6.45, 7) is 10.6. The Morgan fingerprint density at radius 3 is 2.52 bits per heavy atom. The van der Waals surface area contributed by atoms with Crippen molar-refractivity contribution in [1.82, 2.24) is 15.2 Å². The first kappa shape index (κ1) is 15.8. The number of rotatable bonds is 5. The topological polar surface area (TPSA) is 48.5 Å². The number of carbonyl (C=O) groups is 1. The number of pyridine rings is 1. The lowest BCUT2D eigenvalue weighted by Crippen LogP contribution is -2.54. The normalized spacial score (nSPS) is 17.8. The predicted molar refractivity (Wildman–Crippen MR) is 85.3 cm³/mol. The molecule has 1 atom stereocenters. The molecule has 5 heteroatoms. The van der Waals surface area contributed by atoms with E-state index in [1.165, 1.54) is 0 Å². The van der Waals surface area contributed by atoms with E-state index >= 15 is 0 Å². The first-order valence-electron chi connectivity index (χ1n) is 7.75. The number of piperazine rings is 1. The smallest absolute Gasteiger partial charge is 0.237 e. The largest absolute Gasteiger partial charge is 0.354 e. The quantitative estimate of drug-likeness (QED) is 0.889. The van der Waals surface area contributed by atoms with Gasteiger partial charge in [-0.05, 0) is 25.0 Å². The fourth-order valence-electron chi connectivity index (χ4n) is 2.50. The van der Waals surface area contributed by atoms with Gasteiger partial charge in [-0.3, -0.25) is 9.69 Å². The number of aromatic nitrogens is 1. The van der Waals surface area contributed by atoms with E-state index in [1.54, 1.807) is 0 Å². The molecular formula is C16H26N4O. The summed E-state index contributed by atoms with van der Waals surface area (Å²) in [7, 11) is 0. The van der Waals surface area contributed by atoms with Crippen molar-refractivity contribution in [2.24, 2.45) is 5.92 Å². The molecule has 1 aromatic heterocycles. The van der Waals surface area contributed by atoms with Crippen LogP contribution in [0.4, 0.5) is 5.82 Å². The maximum absolute atomic E-state index is 12.1. The second kappa shape index (κ2) is 7.41. The Bertz CT molecular complexity index is 441. The number of hydrogen-bond acceptors (Lipinski definition) is 4. The van der Waals surface area contributed by atoms with E-state index in [0.29, 0.717) is 5.92 Å². The number of amides is 1. The molecular weight excluding hydrogens is 264 g/mol. The van der Waals surface area contributed by atoms with Gasteiger partial charge in [0.25, 0.3) is 0 Å². The lowest BCUT2D eigenvalue weighted by molar-refractivity contribution is -0.126. The van der Waals surface area contributed by atoms with Gasteiger partial charge >= 0.3 is 0 Å². The van der Waals surface area contributed by atoms with Crippen molar-refractivity contribution in [3.63, 3.8) is 0 Å². The molecule has 0 unspecified atom stereocenters. The Balaban J connectivity index is 1.82. The van der Waals surface area contributed by atoms with Crippen LogP contribution in [0.1, 0.15) is 20.8 Å². The number of hydrogen-bond donors (Lipinski definition) is 1. The van der Waals surface area contributed by atoms with Crippen molar-refractivity contribution < 1.29 is 4.79 Å². The van der Waals surface area contributed by atoms with E-state index in [4.69, 9.17) is 0 Å². The highest BCUT2D eigenvalue weighted by molar-refractivity contribution is 5.81. The van der Waals surface area contributed by atoms with Gasteiger partial charge in [0.2, 0.25) is 5.91 Å². The number of nitrogens with one attached hydrogen (secondary N) is 1. The van der Waals surface area contributed by atoms with Crippen LogP contribution in [0.25, 0.3) is 0 Å². The molecule has 0 bridgehead atoms. The Morgan fingerprint density at radius 1 is 1.24 bits per heavy atom. The lowest BCUT2D eigenvalue weighted by Gasteiger charge is -2.38. The van der Waals surface area contributed by atoms with Crippen LogP contribution >= 0.6 is 0 Å². The maximum Gasteiger partial charge on any atom is 0.237 e. The monoisotopic (exact) mass is 290 g/mol. The molecule has 1 aliphatic rings. The minimum Gasteiger partial charge on any atom is -0.354 e. The molecule has 1 amide bonds. The third-order valence-electron chi connectivity index (χ3n) is 3.90. The van der Waals surface area contributed by atoms with Crippen LogP contribution in [-0.4, -0.2) is 54.6 Å². The second-order valence-electron chi connectivity index (χ2n) is 6.03. The molecule has 0 saturated carbocycles. The summed E-state index contributed by atoms with van der Waals surface area (Å²) >= 11 is 0. The van der Waals surface area contributed by atoms with E-state index in [1.807, 2.05) is 31.3 Å². The molecule has 1 saturated heterocycles. The number of nitrogens with zero attached hydrogens (tertiary/aromatic N) is 3. The molecule has 2 heterocycles. The third-order valence-corrected chi connectivity index (χ3v) is 3.90. The first-order valence-corrected chi connectivity index (χ1v) is 7.75. The molecule has 1 N–H and O–H groups in total. The standard InChI is InChI=1S/C16H26N4O/c1-13(2)12-18-16(21)14(3)19-8-10-20(11-9-19)15-6-4-5-7-17-15/h4-7,13-14H,8-12H2,1-3H3,(H,18,21)/t14-/m0/s1. The summed E-state index contributed by atoms with van der Waals surface area (Å²) in [5.41, 5.74) is 0. The highest BCUT2D eigenvalue weighted by Crippen LogP contribution is 2.14. The number of anilines is 1. The van der Waals surface area contributed by atoms with E-state index < -0.39 is 0 Å². The molecule has 0 aromatic carbocycles. The summed E-state index contributed by atoms with van der Waals surface area (Å²) in [5, 5.41) is 3.02. The zero-order chi connectivity index (χ0) is 15.2. The molecule has 1 aromatic rings. The van der Waals surface area contributed by atoms with Crippen LogP contribution in [0, 0.1) is 5.92 Å². The predicted octanol–water partition coefficient (Wildman–Crippen LogP) is 1.36. The summed E-state index contributed by atoms with van der Waals surface area (Å²) in [6, 6.07) is 5.92. The Labute approximate surface area is 127 Å². The Hall–Kier alpha value is -1.62. The SMILES string of the molecule is CC(C)CNC(=O)[C@H](C)N1CCN(c2ccccn2)CC1. The molecule has 1 fully saturated rings. The average Bonchev–Trinajstić information content (AvgIpc) is 2.53. The van der Waals surface area contributed by atoms with Crippen molar-refractivity contribution >= 4 is 11.7 Å². The van der Waals surface area contributed by atoms with Crippen LogP contribution in [0.3, 0.4) is 0 Å². The summed E-state index contributed by atoms with van der Waals surface area (Å²) in [6.07, 6.45) is 1.82. The van der Waals surface area contributed by atoms with E-state index in [2.05, 4.69) is 33.9 Å². The van der Waals surface area contributed by atoms with Crippen LogP contribution < -0.4 is 10.2 Å². The van der Waals surface area contributed by atoms with Crippen molar-refractivity contribution in [3.8, 4) is 0 Å². The zero-order valence-electron chi connectivity index (χ0n) is 13.2. The Kier molecular flexibility index (Phi) is 5.56. The molecule has 2 rings (SSSR count). The first-order chi connectivity index (χ1) is 10.1. The van der Waals surface area contributed by atoms with Crippen molar-refractivity contribution in [3.05, 3.63) is 24.4 Å². The molecule has 0 aliphatic carbocycles. The molecule has 116 valence electrons. The van der Waals surface area contributed by atoms with E-state index in [0.717, 1.165) is 38.5 Å². The Morgan fingerprint density at radius 2 is 1.95 bits per heavy atom. The molecule has 1 aliphatic heterocycles. The van der Waals surface area contributed by atoms with Crippen LogP contribution in [0.5, 0.6) is 0 Å². The van der Waals surface area contributed by atoms with Gasteiger partial charge in [-0.1, -0.05) is 19.9 Å². The summed E-state index contributed by atoms with van der Waals surface area (Å²) in [4.78, 5) is 21.0. The van der Waals surface area contributed by atoms with Gasteiger partial charge in [0.15, 0.2) is 0 Å². The highest BCUT2D eigenvalue weighted by atomic mass is 16.2. The van der Waals surface area contributed by atoms with Gasteiger partial charge in [0, 0.05) is 38.9 Å². The van der Waals surface area contributed by atoms with Crippen molar-refractivity contribution in [1.29, 1.82) is 0 Å². The fourth-order valence-corrected chi connectivity index (χ4v) is 2.50. The minimum absolute atomic E-state index is 0.0605. The second-order valence-corrected chi connectivity index (χ2v) is 6.03. The minimum atomic E-state index is -0.0605. The zero-order valence-corrected chi connectivity index (χ0v) is 13.2. The van der Waals surface area contributed by atoms with E-state index in [9.17, 15) is 4.79 Å². The third kappa shape index (κ3) is 4.43. The molecule has 21 heavy (non-hydrogen) atoms. The van der Waals surface area contributed by atoms with Gasteiger partial charge in [0.1, 0.15) is 5.82 Å². The lowest BCUT2D eigenvalue weighted by atomic mass is 10.2. The molecule has 0 radical (unpaired) electrons.